The number of ether oxygens (including phenoxy) is 1. The molecule has 1 aliphatic carbocycles. The third-order valence-electron chi connectivity index (χ3n) is 6.49. The molecule has 0 amide bonds. The third-order valence-corrected chi connectivity index (χ3v) is 6.49. The van der Waals surface area contributed by atoms with Crippen molar-refractivity contribution in [2.24, 2.45) is 11.8 Å². The Morgan fingerprint density at radius 2 is 1.38 bits per heavy atom. The number of halogens is 5. The first kappa shape index (κ1) is 24.5. The van der Waals surface area contributed by atoms with E-state index in [0.717, 1.165) is 30.9 Å². The van der Waals surface area contributed by atoms with Crippen LogP contribution in [-0.2, 0) is 6.42 Å². The molecule has 0 heterocycles. The summed E-state index contributed by atoms with van der Waals surface area (Å²) in [6.07, 6.45) is 6.79. The van der Waals surface area contributed by atoms with Gasteiger partial charge >= 0.3 is 6.36 Å². The highest BCUT2D eigenvalue weighted by Crippen LogP contribution is 2.35. The normalized spacial score (nSPS) is 19.2. The number of aryl methyl sites for hydroxylation is 1. The molecule has 0 saturated heterocycles. The molecule has 176 valence electrons. The summed E-state index contributed by atoms with van der Waals surface area (Å²) in [5.74, 6) is -0.268. The molecule has 0 N–H and O–H groups in total. The first-order valence-electron chi connectivity index (χ1n) is 11.6. The molecule has 6 heteroatoms. The lowest BCUT2D eigenvalue weighted by Gasteiger charge is -2.28. The van der Waals surface area contributed by atoms with Gasteiger partial charge in [-0.15, -0.1) is 13.2 Å². The molecular weight excluding hydrogens is 423 g/mol. The summed E-state index contributed by atoms with van der Waals surface area (Å²) in [5, 5.41) is 0. The van der Waals surface area contributed by atoms with E-state index in [9.17, 15) is 22.0 Å². The lowest BCUT2D eigenvalue weighted by Crippen LogP contribution is -2.16. The second kappa shape index (κ2) is 11.2. The van der Waals surface area contributed by atoms with E-state index in [0.29, 0.717) is 17.9 Å². The van der Waals surface area contributed by atoms with Gasteiger partial charge in [-0.3, -0.25) is 0 Å². The molecule has 1 fully saturated rings. The minimum atomic E-state index is -4.81. The molecule has 1 nitrogen and oxygen atoms in total. The van der Waals surface area contributed by atoms with E-state index in [-0.39, 0.29) is 11.1 Å². The van der Waals surface area contributed by atoms with Crippen LogP contribution in [-0.4, -0.2) is 6.36 Å². The quantitative estimate of drug-likeness (QED) is 0.344. The molecule has 0 bridgehead atoms. The second-order valence-corrected chi connectivity index (χ2v) is 8.93. The maximum absolute atomic E-state index is 14.6. The van der Waals surface area contributed by atoms with Crippen LogP contribution >= 0.6 is 0 Å². The Hall–Kier alpha value is -2.11. The number of benzene rings is 2. The third kappa shape index (κ3) is 7.21. The van der Waals surface area contributed by atoms with Crippen molar-refractivity contribution in [3.8, 4) is 16.9 Å². The van der Waals surface area contributed by atoms with Gasteiger partial charge in [0.05, 0.1) is 5.56 Å². The SMILES string of the molecule is CCCCC1CCC(CCCc2cc(F)c(-c3ccc(OC(F)(F)F)cc3)c(F)c2)CC1. The van der Waals surface area contributed by atoms with Crippen LogP contribution in [0.25, 0.3) is 11.1 Å². The van der Waals surface area contributed by atoms with Gasteiger partial charge in [0.25, 0.3) is 0 Å². The molecule has 0 atom stereocenters. The minimum Gasteiger partial charge on any atom is -0.406 e. The van der Waals surface area contributed by atoms with E-state index in [1.54, 1.807) is 0 Å². The molecule has 2 aromatic rings. The highest BCUT2D eigenvalue weighted by molar-refractivity contribution is 5.66. The van der Waals surface area contributed by atoms with Crippen molar-refractivity contribution in [3.63, 3.8) is 0 Å². The molecule has 2 aromatic carbocycles. The van der Waals surface area contributed by atoms with E-state index in [4.69, 9.17) is 0 Å². The van der Waals surface area contributed by atoms with Crippen LogP contribution in [0.1, 0.15) is 70.3 Å². The lowest BCUT2D eigenvalue weighted by molar-refractivity contribution is -0.274. The molecule has 1 saturated carbocycles. The summed E-state index contributed by atoms with van der Waals surface area (Å²) < 4.78 is 69.9. The van der Waals surface area contributed by atoms with Crippen LogP contribution in [0.3, 0.4) is 0 Å². The molecule has 32 heavy (non-hydrogen) atoms. The van der Waals surface area contributed by atoms with E-state index in [1.165, 1.54) is 69.2 Å². The summed E-state index contributed by atoms with van der Waals surface area (Å²) in [6.45, 7) is 2.23. The van der Waals surface area contributed by atoms with Gasteiger partial charge in [0.15, 0.2) is 0 Å². The number of hydrogen-bond acceptors (Lipinski definition) is 1. The van der Waals surface area contributed by atoms with Gasteiger partial charge in [-0.2, -0.15) is 0 Å². The molecule has 0 aliphatic heterocycles. The smallest absolute Gasteiger partial charge is 0.406 e. The fraction of sp³-hybridized carbons (Fsp3) is 0.538. The number of unbranched alkanes of at least 4 members (excludes halogenated alkanes) is 1. The molecule has 0 spiro atoms. The number of hydrogen-bond donors (Lipinski definition) is 0. The molecule has 1 aliphatic rings. The largest absolute Gasteiger partial charge is 0.573 e. The van der Waals surface area contributed by atoms with Gasteiger partial charge in [0, 0.05) is 0 Å². The first-order chi connectivity index (χ1) is 15.2. The van der Waals surface area contributed by atoms with E-state index in [1.807, 2.05) is 0 Å². The topological polar surface area (TPSA) is 9.23 Å². The average Bonchev–Trinajstić information content (AvgIpc) is 2.73. The first-order valence-corrected chi connectivity index (χ1v) is 11.6. The maximum atomic E-state index is 14.6. The standard InChI is InChI=1S/C26H31F5O/c1-2-3-5-18-8-10-19(11-9-18)6-4-7-20-16-23(27)25(24(28)17-20)21-12-14-22(15-13-21)32-26(29,30)31/h12-19H,2-11H2,1H3. The average molecular weight is 455 g/mol. The molecule has 0 radical (unpaired) electrons. The summed E-state index contributed by atoms with van der Waals surface area (Å²) in [6, 6.07) is 7.21. The maximum Gasteiger partial charge on any atom is 0.573 e. The Morgan fingerprint density at radius 1 is 0.844 bits per heavy atom. The fourth-order valence-corrected chi connectivity index (χ4v) is 4.77. The molecule has 3 rings (SSSR count). The summed E-state index contributed by atoms with van der Waals surface area (Å²) >= 11 is 0. The zero-order valence-corrected chi connectivity index (χ0v) is 18.5. The second-order valence-electron chi connectivity index (χ2n) is 8.93. The van der Waals surface area contributed by atoms with Crippen molar-refractivity contribution in [2.45, 2.75) is 77.5 Å². The highest BCUT2D eigenvalue weighted by Gasteiger charge is 2.31. The van der Waals surface area contributed by atoms with Gasteiger partial charge in [-0.05, 0) is 60.1 Å². The Morgan fingerprint density at radius 3 is 1.88 bits per heavy atom. The Balaban J connectivity index is 1.53. The predicted molar refractivity (Wildman–Crippen MR) is 116 cm³/mol. The van der Waals surface area contributed by atoms with Crippen LogP contribution in [0.4, 0.5) is 22.0 Å². The Kier molecular flexibility index (Phi) is 8.55. The van der Waals surface area contributed by atoms with Crippen LogP contribution in [0.15, 0.2) is 36.4 Å². The zero-order chi connectivity index (χ0) is 23.1. The van der Waals surface area contributed by atoms with Crippen molar-refractivity contribution < 1.29 is 26.7 Å². The monoisotopic (exact) mass is 454 g/mol. The van der Waals surface area contributed by atoms with Gasteiger partial charge in [0.2, 0.25) is 0 Å². The van der Waals surface area contributed by atoms with E-state index in [2.05, 4.69) is 11.7 Å². The Bertz CT molecular complexity index is 829. The molecule has 0 aromatic heterocycles. The van der Waals surface area contributed by atoms with E-state index >= 15 is 0 Å². The van der Waals surface area contributed by atoms with Crippen LogP contribution in [0.2, 0.25) is 0 Å². The van der Waals surface area contributed by atoms with Crippen molar-refractivity contribution in [1.82, 2.24) is 0 Å². The van der Waals surface area contributed by atoms with Gasteiger partial charge in [-0.1, -0.05) is 70.4 Å². The number of alkyl halides is 3. The van der Waals surface area contributed by atoms with Crippen molar-refractivity contribution in [3.05, 3.63) is 53.6 Å². The summed E-state index contributed by atoms with van der Waals surface area (Å²) in [5.41, 5.74) is 0.538. The van der Waals surface area contributed by atoms with Crippen molar-refractivity contribution >= 4 is 0 Å². The van der Waals surface area contributed by atoms with Crippen LogP contribution in [0.5, 0.6) is 5.75 Å². The number of rotatable bonds is 9. The van der Waals surface area contributed by atoms with Crippen LogP contribution < -0.4 is 4.74 Å². The lowest BCUT2D eigenvalue weighted by atomic mass is 9.78. The zero-order valence-electron chi connectivity index (χ0n) is 18.5. The van der Waals surface area contributed by atoms with Crippen molar-refractivity contribution in [1.29, 1.82) is 0 Å². The van der Waals surface area contributed by atoms with Crippen LogP contribution in [0, 0.1) is 23.5 Å². The van der Waals surface area contributed by atoms with Crippen molar-refractivity contribution in [2.75, 3.05) is 0 Å². The minimum absolute atomic E-state index is 0.168. The Labute approximate surface area is 187 Å². The summed E-state index contributed by atoms with van der Waals surface area (Å²) in [7, 11) is 0. The molecular formula is C26H31F5O. The molecule has 0 unspecified atom stereocenters. The van der Waals surface area contributed by atoms with Gasteiger partial charge in [-0.25, -0.2) is 8.78 Å². The fourth-order valence-electron chi connectivity index (χ4n) is 4.77. The van der Waals surface area contributed by atoms with Gasteiger partial charge < -0.3 is 4.74 Å². The van der Waals surface area contributed by atoms with E-state index < -0.39 is 23.7 Å². The predicted octanol–water partition coefficient (Wildman–Crippen LogP) is 8.85. The highest BCUT2D eigenvalue weighted by atomic mass is 19.4. The van der Waals surface area contributed by atoms with Gasteiger partial charge in [0.1, 0.15) is 17.4 Å². The summed E-state index contributed by atoms with van der Waals surface area (Å²) in [4.78, 5) is 0.